The molecule has 0 saturated heterocycles. The van der Waals surface area contributed by atoms with Crippen molar-refractivity contribution in [2.75, 3.05) is 13.2 Å². The highest BCUT2D eigenvalue weighted by Crippen LogP contribution is 2.13. The summed E-state index contributed by atoms with van der Waals surface area (Å²) in [4.78, 5) is 0. The van der Waals surface area contributed by atoms with Crippen molar-refractivity contribution < 1.29 is 4.74 Å². The van der Waals surface area contributed by atoms with Gasteiger partial charge in [-0.05, 0) is 97.9 Å². The van der Waals surface area contributed by atoms with Gasteiger partial charge in [0.05, 0.1) is 0 Å². The van der Waals surface area contributed by atoms with Crippen molar-refractivity contribution in [3.05, 3.63) is 46.6 Å². The molecule has 0 radical (unpaired) electrons. The highest BCUT2D eigenvalue weighted by molar-refractivity contribution is 7.80. The van der Waals surface area contributed by atoms with Gasteiger partial charge in [0.25, 0.3) is 5.17 Å². The van der Waals surface area contributed by atoms with Crippen LogP contribution in [0, 0.1) is 0 Å². The maximum atomic E-state index is 5.58. The van der Waals surface area contributed by atoms with Gasteiger partial charge in [0.15, 0.2) is 0 Å². The zero-order valence-electron chi connectivity index (χ0n) is 20.6. The highest BCUT2D eigenvalue weighted by Gasteiger charge is 1.97. The van der Waals surface area contributed by atoms with Crippen molar-refractivity contribution in [3.8, 4) is 0 Å². The maximum Gasteiger partial charge on any atom is 0.256 e. The van der Waals surface area contributed by atoms with E-state index in [4.69, 9.17) is 17.0 Å². The van der Waals surface area contributed by atoms with Gasteiger partial charge < -0.3 is 10.1 Å². The smallest absolute Gasteiger partial charge is 0.256 e. The first-order valence-corrected chi connectivity index (χ1v) is 12.3. The predicted molar refractivity (Wildman–Crippen MR) is 139 cm³/mol. The van der Waals surface area contributed by atoms with E-state index < -0.39 is 0 Å². The van der Waals surface area contributed by atoms with Crippen LogP contribution in [-0.4, -0.2) is 18.3 Å². The molecule has 3 heteroatoms. The van der Waals surface area contributed by atoms with Crippen LogP contribution in [0.1, 0.15) is 106 Å². The highest BCUT2D eigenvalue weighted by atomic mass is 32.1. The molecule has 0 aliphatic carbocycles. The van der Waals surface area contributed by atoms with Crippen LogP contribution in [0.2, 0.25) is 0 Å². The molecule has 0 fully saturated rings. The Hall–Kier alpha value is -1.35. The van der Waals surface area contributed by atoms with Gasteiger partial charge >= 0.3 is 0 Å². The molecule has 0 heterocycles. The molecule has 0 aromatic carbocycles. The molecule has 0 atom stereocenters. The number of allylic oxidation sites excluding steroid dienone is 7. The van der Waals surface area contributed by atoms with E-state index >= 15 is 0 Å². The molecule has 0 rings (SSSR count). The second-order valence-corrected chi connectivity index (χ2v) is 9.01. The van der Waals surface area contributed by atoms with E-state index in [9.17, 15) is 0 Å². The Balaban J connectivity index is 3.92. The molecule has 1 N–H and O–H groups in total. The van der Waals surface area contributed by atoms with Gasteiger partial charge in [-0.2, -0.15) is 0 Å². The number of hydrogen-bond acceptors (Lipinski definition) is 2. The summed E-state index contributed by atoms with van der Waals surface area (Å²) in [5, 5.41) is 3.70. The first-order valence-electron chi connectivity index (χ1n) is 11.9. The average molecular weight is 434 g/mol. The average Bonchev–Trinajstić information content (AvgIpc) is 2.67. The number of rotatable bonds is 16. The third-order valence-corrected chi connectivity index (χ3v) is 5.36. The number of unbranched alkanes of at least 4 members (excludes halogenated alkanes) is 3. The van der Waals surface area contributed by atoms with E-state index in [0.717, 1.165) is 45.1 Å². The van der Waals surface area contributed by atoms with Gasteiger partial charge in [-0.25, -0.2) is 0 Å². The SMILES string of the molecule is CCCCCCNC(=S)OC/C=C(\C)CC/C=C(\C)CC/C=C(\C)CCC=C(C)C. The quantitative estimate of drug-likeness (QED) is 0.149. The molecular weight excluding hydrogens is 386 g/mol. The Labute approximate surface area is 192 Å². The molecule has 0 spiro atoms. The summed E-state index contributed by atoms with van der Waals surface area (Å²) >= 11 is 5.22. The van der Waals surface area contributed by atoms with E-state index in [2.05, 4.69) is 71.2 Å². The molecule has 0 unspecified atom stereocenters. The normalized spacial score (nSPS) is 12.7. The number of thiocarbonyl (C=S) groups is 1. The molecule has 0 aromatic heterocycles. The van der Waals surface area contributed by atoms with E-state index in [1.807, 2.05) is 0 Å². The lowest BCUT2D eigenvalue weighted by atomic mass is 10.0. The summed E-state index contributed by atoms with van der Waals surface area (Å²) in [5.41, 5.74) is 5.77. The third kappa shape index (κ3) is 19.9. The molecule has 0 amide bonds. The van der Waals surface area contributed by atoms with Crippen LogP contribution in [0.4, 0.5) is 0 Å². The summed E-state index contributed by atoms with van der Waals surface area (Å²) in [6, 6.07) is 0. The number of hydrogen-bond donors (Lipinski definition) is 1. The van der Waals surface area contributed by atoms with Gasteiger partial charge in [0.1, 0.15) is 6.61 Å². The lowest BCUT2D eigenvalue weighted by molar-refractivity contribution is 0.340. The summed E-state index contributed by atoms with van der Waals surface area (Å²) in [5.74, 6) is 0. The lowest BCUT2D eigenvalue weighted by Crippen LogP contribution is -2.25. The Kier molecular flexibility index (Phi) is 18.7. The molecule has 0 aliphatic rings. The fraction of sp³-hybridized carbons (Fsp3) is 0.667. The minimum Gasteiger partial charge on any atom is -0.467 e. The molecule has 0 aromatic rings. The van der Waals surface area contributed by atoms with Crippen molar-refractivity contribution in [3.63, 3.8) is 0 Å². The topological polar surface area (TPSA) is 21.3 Å². The lowest BCUT2D eigenvalue weighted by Gasteiger charge is -2.08. The molecule has 30 heavy (non-hydrogen) atoms. The summed E-state index contributed by atoms with van der Waals surface area (Å²) in [6.07, 6.45) is 21.0. The van der Waals surface area contributed by atoms with Crippen LogP contribution in [0.25, 0.3) is 0 Å². The number of ether oxygens (including phenoxy) is 1. The molecule has 0 aliphatic heterocycles. The number of nitrogens with one attached hydrogen (secondary N) is 1. The third-order valence-electron chi connectivity index (χ3n) is 5.10. The van der Waals surface area contributed by atoms with Gasteiger partial charge in [-0.3, -0.25) is 0 Å². The largest absolute Gasteiger partial charge is 0.467 e. The second kappa shape index (κ2) is 19.6. The molecule has 0 saturated carbocycles. The van der Waals surface area contributed by atoms with Gasteiger partial charge in [0, 0.05) is 6.54 Å². The van der Waals surface area contributed by atoms with Crippen molar-refractivity contribution in [2.24, 2.45) is 0 Å². The van der Waals surface area contributed by atoms with Crippen LogP contribution < -0.4 is 5.32 Å². The van der Waals surface area contributed by atoms with Crippen molar-refractivity contribution in [1.29, 1.82) is 0 Å². The molecular formula is C27H47NOS. The van der Waals surface area contributed by atoms with Crippen molar-refractivity contribution in [1.82, 2.24) is 5.32 Å². The zero-order chi connectivity index (χ0) is 22.6. The van der Waals surface area contributed by atoms with E-state index in [0.29, 0.717) is 11.8 Å². The van der Waals surface area contributed by atoms with E-state index in [1.165, 1.54) is 48.0 Å². The zero-order valence-corrected chi connectivity index (χ0v) is 21.4. The van der Waals surface area contributed by atoms with Crippen molar-refractivity contribution in [2.45, 2.75) is 106 Å². The maximum absolute atomic E-state index is 5.58. The van der Waals surface area contributed by atoms with E-state index in [1.54, 1.807) is 0 Å². The minimum atomic E-state index is 0.524. The summed E-state index contributed by atoms with van der Waals surface area (Å²) in [6.45, 7) is 14.7. The summed E-state index contributed by atoms with van der Waals surface area (Å²) in [7, 11) is 0. The first-order chi connectivity index (χ1) is 14.3. The van der Waals surface area contributed by atoms with Gasteiger partial charge in [-0.15, -0.1) is 0 Å². The molecule has 172 valence electrons. The Morgan fingerprint density at radius 1 is 0.733 bits per heavy atom. The first kappa shape index (κ1) is 28.6. The standard InChI is InChI=1S/C27H47NOS/c1-7-8-9-10-21-28-27(30)29-22-20-26(6)19-13-18-25(5)17-12-16-24(4)15-11-14-23(2)3/h14,16,18,20H,7-13,15,17,19,21-22H2,1-6H3,(H,28,30)/b24-16+,25-18+,26-20+. The fourth-order valence-corrected chi connectivity index (χ4v) is 3.21. The van der Waals surface area contributed by atoms with Crippen LogP contribution in [0.3, 0.4) is 0 Å². The van der Waals surface area contributed by atoms with E-state index in [-0.39, 0.29) is 0 Å². The van der Waals surface area contributed by atoms with Crippen LogP contribution in [-0.2, 0) is 4.74 Å². The van der Waals surface area contributed by atoms with Crippen LogP contribution >= 0.6 is 12.2 Å². The summed E-state index contributed by atoms with van der Waals surface area (Å²) < 4.78 is 5.58. The van der Waals surface area contributed by atoms with Gasteiger partial charge in [-0.1, -0.05) is 66.7 Å². The monoisotopic (exact) mass is 433 g/mol. The molecule has 0 bridgehead atoms. The van der Waals surface area contributed by atoms with Crippen LogP contribution in [0.15, 0.2) is 46.6 Å². The Morgan fingerprint density at radius 3 is 1.80 bits per heavy atom. The minimum absolute atomic E-state index is 0.524. The fourth-order valence-electron chi connectivity index (χ4n) is 3.04. The Bertz CT molecular complexity index is 580. The van der Waals surface area contributed by atoms with Crippen molar-refractivity contribution >= 4 is 17.4 Å². The Morgan fingerprint density at radius 2 is 1.27 bits per heavy atom. The van der Waals surface area contributed by atoms with Crippen LogP contribution in [0.5, 0.6) is 0 Å². The van der Waals surface area contributed by atoms with Gasteiger partial charge in [0.2, 0.25) is 0 Å². The second-order valence-electron chi connectivity index (χ2n) is 8.63. The molecule has 2 nitrogen and oxygen atoms in total. The predicted octanol–water partition coefficient (Wildman–Crippen LogP) is 8.60.